The SMILES string of the molecule is CCCCCSc1n[n+]2c(c(=O)[nH]1)-c1ccccc1N[C@@H]2c1cc(Br)c(O)c(Br)c1. The van der Waals surface area contributed by atoms with Crippen LogP contribution >= 0.6 is 43.6 Å². The van der Waals surface area contributed by atoms with Gasteiger partial charge in [-0.1, -0.05) is 43.7 Å². The molecule has 30 heavy (non-hydrogen) atoms. The number of H-pyrrole nitrogens is 1. The first-order valence-electron chi connectivity index (χ1n) is 9.72. The molecule has 0 amide bonds. The van der Waals surface area contributed by atoms with E-state index in [0.717, 1.165) is 41.8 Å². The summed E-state index contributed by atoms with van der Waals surface area (Å²) in [7, 11) is 0. The number of unbranched alkanes of at least 4 members (excludes halogenated alkanes) is 2. The Bertz CT molecular complexity index is 1130. The van der Waals surface area contributed by atoms with Crippen LogP contribution in [0.4, 0.5) is 5.69 Å². The second-order valence-corrected chi connectivity index (χ2v) is 9.83. The summed E-state index contributed by atoms with van der Waals surface area (Å²) in [6.45, 7) is 2.17. The van der Waals surface area contributed by atoms with E-state index in [2.05, 4.69) is 49.1 Å². The topological polar surface area (TPSA) is 81.9 Å². The number of thioether (sulfide) groups is 1. The van der Waals surface area contributed by atoms with Crippen LogP contribution < -0.4 is 15.6 Å². The van der Waals surface area contributed by atoms with E-state index in [4.69, 9.17) is 5.10 Å². The molecule has 2 aromatic carbocycles. The normalized spacial score (nSPS) is 14.7. The van der Waals surface area contributed by atoms with Crippen molar-refractivity contribution in [1.29, 1.82) is 0 Å². The van der Waals surface area contributed by atoms with Crippen LogP contribution in [0, 0.1) is 0 Å². The average molecular weight is 553 g/mol. The second kappa shape index (κ2) is 9.11. The first kappa shape index (κ1) is 21.4. The highest BCUT2D eigenvalue weighted by Crippen LogP contribution is 2.37. The number of hydrogen-bond acceptors (Lipinski definition) is 5. The van der Waals surface area contributed by atoms with Gasteiger partial charge in [0, 0.05) is 16.4 Å². The monoisotopic (exact) mass is 551 g/mol. The van der Waals surface area contributed by atoms with E-state index in [-0.39, 0.29) is 11.3 Å². The quantitative estimate of drug-likeness (QED) is 0.222. The van der Waals surface area contributed by atoms with E-state index in [1.165, 1.54) is 0 Å². The molecule has 2 heterocycles. The molecule has 6 nitrogen and oxygen atoms in total. The van der Waals surface area contributed by atoms with Gasteiger partial charge in [-0.25, -0.2) is 0 Å². The highest BCUT2D eigenvalue weighted by Gasteiger charge is 2.38. The number of hydrogen-bond donors (Lipinski definition) is 3. The molecule has 0 bridgehead atoms. The summed E-state index contributed by atoms with van der Waals surface area (Å²) in [6.07, 6.45) is 2.98. The fourth-order valence-corrected chi connectivity index (χ4v) is 5.52. The van der Waals surface area contributed by atoms with Crippen LogP contribution in [-0.2, 0) is 0 Å². The van der Waals surface area contributed by atoms with Crippen LogP contribution in [-0.4, -0.2) is 20.9 Å². The zero-order valence-electron chi connectivity index (χ0n) is 16.3. The molecule has 0 saturated heterocycles. The predicted molar refractivity (Wildman–Crippen MR) is 126 cm³/mol. The highest BCUT2D eigenvalue weighted by molar-refractivity contribution is 9.11. The Morgan fingerprint density at radius 3 is 2.67 bits per heavy atom. The van der Waals surface area contributed by atoms with Gasteiger partial charge >= 0.3 is 11.3 Å². The Hall–Kier alpha value is -1.84. The summed E-state index contributed by atoms with van der Waals surface area (Å²) < 4.78 is 2.87. The van der Waals surface area contributed by atoms with E-state index >= 15 is 0 Å². The Labute approximate surface area is 195 Å². The van der Waals surface area contributed by atoms with E-state index in [1.54, 1.807) is 16.4 Å². The number of aromatic hydroxyl groups is 1. The van der Waals surface area contributed by atoms with Crippen molar-refractivity contribution >= 4 is 49.3 Å². The number of anilines is 1. The van der Waals surface area contributed by atoms with Crippen molar-refractivity contribution in [3.63, 3.8) is 0 Å². The largest absolute Gasteiger partial charge is 0.506 e. The molecule has 1 aliphatic heterocycles. The van der Waals surface area contributed by atoms with Crippen LogP contribution in [0.15, 0.2) is 55.3 Å². The van der Waals surface area contributed by atoms with Crippen molar-refractivity contribution in [2.24, 2.45) is 0 Å². The lowest BCUT2D eigenvalue weighted by atomic mass is 10.0. The van der Waals surface area contributed by atoms with Gasteiger partial charge in [-0.3, -0.25) is 9.78 Å². The van der Waals surface area contributed by atoms with Crippen molar-refractivity contribution in [3.8, 4) is 17.0 Å². The first-order valence-corrected chi connectivity index (χ1v) is 12.3. The number of halogens is 2. The van der Waals surface area contributed by atoms with E-state index in [1.807, 2.05) is 36.4 Å². The number of aromatic nitrogens is 3. The lowest BCUT2D eigenvalue weighted by molar-refractivity contribution is -0.759. The van der Waals surface area contributed by atoms with Crippen LogP contribution in [0.25, 0.3) is 11.3 Å². The van der Waals surface area contributed by atoms with Gasteiger partial charge in [-0.2, -0.15) is 0 Å². The van der Waals surface area contributed by atoms with Gasteiger partial charge in [0.15, 0.2) is 0 Å². The summed E-state index contributed by atoms with van der Waals surface area (Å²) in [5, 5.41) is 19.0. The van der Waals surface area contributed by atoms with E-state index < -0.39 is 6.17 Å². The number of phenolic OH excluding ortho intramolecular Hbond substituents is 1. The van der Waals surface area contributed by atoms with Crippen molar-refractivity contribution in [2.75, 3.05) is 11.1 Å². The summed E-state index contributed by atoms with van der Waals surface area (Å²) >= 11 is 8.37. The molecule has 0 unspecified atom stereocenters. The van der Waals surface area contributed by atoms with Gasteiger partial charge < -0.3 is 10.4 Å². The Morgan fingerprint density at radius 1 is 1.20 bits per heavy atom. The molecule has 1 aromatic heterocycles. The number of aromatic amines is 1. The van der Waals surface area contributed by atoms with E-state index in [0.29, 0.717) is 19.8 Å². The third-order valence-corrected chi connectivity index (χ3v) is 7.08. The predicted octanol–water partition coefficient (Wildman–Crippen LogP) is 5.21. The molecular weight excluding hydrogens is 532 g/mol. The third-order valence-electron chi connectivity index (χ3n) is 4.92. The standard InChI is InChI=1S/C21H20Br2N4O2S/c1-2-3-6-9-30-21-25-20(29)17-13-7-4-5-8-16(13)24-19(27(17)26-21)12-10-14(22)18(28)15(23)11-12/h4-5,7-8,10-11,19H,2-3,6,9H2,1H3,(H2,25,26,28,29)/p+1/t19-/m0/s1. The minimum Gasteiger partial charge on any atom is -0.506 e. The molecule has 3 aromatic rings. The lowest BCUT2D eigenvalue weighted by Crippen LogP contribution is -2.55. The third kappa shape index (κ3) is 4.15. The first-order chi connectivity index (χ1) is 14.5. The van der Waals surface area contributed by atoms with Gasteiger partial charge in [-0.05, 0) is 67.2 Å². The fraction of sp³-hybridized carbons (Fsp3) is 0.286. The number of benzene rings is 2. The van der Waals surface area contributed by atoms with Crippen LogP contribution in [0.2, 0.25) is 0 Å². The number of rotatable bonds is 6. The Morgan fingerprint density at radius 2 is 1.93 bits per heavy atom. The van der Waals surface area contributed by atoms with Crippen molar-refractivity contribution in [1.82, 2.24) is 10.1 Å². The average Bonchev–Trinajstić information content (AvgIpc) is 2.74. The molecule has 3 N–H and O–H groups in total. The summed E-state index contributed by atoms with van der Waals surface area (Å²) in [4.78, 5) is 16.0. The minimum atomic E-state index is -0.402. The number of para-hydroxylation sites is 1. The van der Waals surface area contributed by atoms with Crippen LogP contribution in [0.5, 0.6) is 5.75 Å². The Kier molecular flexibility index (Phi) is 6.50. The Balaban J connectivity index is 1.83. The van der Waals surface area contributed by atoms with Gasteiger partial charge in [-0.15, -0.1) is 0 Å². The van der Waals surface area contributed by atoms with Crippen molar-refractivity contribution < 1.29 is 9.79 Å². The number of phenols is 1. The van der Waals surface area contributed by atoms with Crippen LogP contribution in [0.1, 0.15) is 37.9 Å². The molecule has 0 spiro atoms. The summed E-state index contributed by atoms with van der Waals surface area (Å²) in [5.74, 6) is 1.03. The molecule has 0 radical (unpaired) electrons. The van der Waals surface area contributed by atoms with E-state index in [9.17, 15) is 9.90 Å². The molecule has 156 valence electrons. The highest BCUT2D eigenvalue weighted by atomic mass is 79.9. The van der Waals surface area contributed by atoms with Crippen molar-refractivity contribution in [2.45, 2.75) is 37.5 Å². The lowest BCUT2D eigenvalue weighted by Gasteiger charge is -2.22. The second-order valence-electron chi connectivity index (χ2n) is 7.03. The van der Waals surface area contributed by atoms with Gasteiger partial charge in [0.2, 0.25) is 5.16 Å². The molecule has 0 saturated carbocycles. The van der Waals surface area contributed by atoms with Gasteiger partial charge in [0.25, 0.3) is 6.17 Å². The molecular formula is C21H21Br2N4O2S+. The molecule has 0 aliphatic carbocycles. The summed E-state index contributed by atoms with van der Waals surface area (Å²) in [5.41, 5.74) is 2.86. The number of nitrogens with zero attached hydrogens (tertiary/aromatic N) is 2. The number of nitrogens with one attached hydrogen (secondary N) is 2. The minimum absolute atomic E-state index is 0.131. The molecule has 9 heteroatoms. The maximum absolute atomic E-state index is 13.1. The smallest absolute Gasteiger partial charge is 0.325 e. The molecule has 1 atom stereocenters. The fourth-order valence-electron chi connectivity index (χ4n) is 3.44. The zero-order chi connectivity index (χ0) is 21.3. The maximum Gasteiger partial charge on any atom is 0.325 e. The van der Waals surface area contributed by atoms with Gasteiger partial charge in [0.1, 0.15) is 5.75 Å². The molecule has 1 aliphatic rings. The van der Waals surface area contributed by atoms with Gasteiger partial charge in [0.05, 0.1) is 20.2 Å². The summed E-state index contributed by atoms with van der Waals surface area (Å²) in [6, 6.07) is 11.4. The molecule has 0 fully saturated rings. The van der Waals surface area contributed by atoms with Crippen molar-refractivity contribution in [3.05, 3.63) is 61.3 Å². The van der Waals surface area contributed by atoms with Crippen LogP contribution in [0.3, 0.4) is 0 Å². The number of fused-ring (bicyclic) bond motifs is 3. The molecule has 4 rings (SSSR count). The maximum atomic E-state index is 13.1. The zero-order valence-corrected chi connectivity index (χ0v) is 20.3.